The SMILES string of the molecule is CC(C)(C)c1ccc(C(=O)Nc2cn3cc(-n4ccnc4)ccc3n2)cn1.Cl.Cl.Cl. The Hall–Kier alpha value is -2.61. The number of amides is 1. The zero-order valence-electron chi connectivity index (χ0n) is 16.6. The van der Waals surface area contributed by atoms with Gasteiger partial charge in [-0.3, -0.25) is 9.78 Å². The molecule has 0 saturated heterocycles. The molecule has 30 heavy (non-hydrogen) atoms. The van der Waals surface area contributed by atoms with Crippen LogP contribution in [0.15, 0.2) is 61.6 Å². The van der Waals surface area contributed by atoms with Gasteiger partial charge in [-0.05, 0) is 24.3 Å². The summed E-state index contributed by atoms with van der Waals surface area (Å²) in [5.74, 6) is 0.254. The highest BCUT2D eigenvalue weighted by atomic mass is 35.5. The summed E-state index contributed by atoms with van der Waals surface area (Å²) in [6.45, 7) is 6.26. The molecule has 160 valence electrons. The fourth-order valence-corrected chi connectivity index (χ4v) is 2.77. The molecule has 0 aliphatic heterocycles. The van der Waals surface area contributed by atoms with Gasteiger partial charge in [-0.15, -0.1) is 37.2 Å². The Labute approximate surface area is 193 Å². The third-order valence-corrected chi connectivity index (χ3v) is 4.27. The Kier molecular flexibility index (Phi) is 8.42. The maximum absolute atomic E-state index is 12.5. The van der Waals surface area contributed by atoms with E-state index in [0.29, 0.717) is 11.4 Å². The lowest BCUT2D eigenvalue weighted by molar-refractivity contribution is 0.102. The molecule has 10 heteroatoms. The maximum atomic E-state index is 12.5. The van der Waals surface area contributed by atoms with Crippen LogP contribution in [0, 0.1) is 0 Å². The van der Waals surface area contributed by atoms with Gasteiger partial charge in [-0.1, -0.05) is 20.8 Å². The van der Waals surface area contributed by atoms with Gasteiger partial charge in [0.25, 0.3) is 5.91 Å². The minimum atomic E-state index is -0.235. The second-order valence-electron chi connectivity index (χ2n) is 7.39. The molecule has 0 unspecified atom stereocenters. The van der Waals surface area contributed by atoms with Crippen molar-refractivity contribution in [3.8, 4) is 5.69 Å². The Morgan fingerprint density at radius 1 is 1.03 bits per heavy atom. The van der Waals surface area contributed by atoms with Gasteiger partial charge in [0.1, 0.15) is 5.65 Å². The lowest BCUT2D eigenvalue weighted by Crippen LogP contribution is -2.16. The first kappa shape index (κ1) is 25.4. The van der Waals surface area contributed by atoms with E-state index in [9.17, 15) is 4.79 Å². The van der Waals surface area contributed by atoms with Crippen LogP contribution in [0.3, 0.4) is 0 Å². The average Bonchev–Trinajstić information content (AvgIpc) is 3.29. The normalized spacial score (nSPS) is 10.5. The molecule has 0 aromatic carbocycles. The van der Waals surface area contributed by atoms with Gasteiger partial charge in [0, 0.05) is 35.9 Å². The third-order valence-electron chi connectivity index (χ3n) is 4.27. The number of rotatable bonds is 3. The van der Waals surface area contributed by atoms with Crippen LogP contribution in [0.5, 0.6) is 0 Å². The van der Waals surface area contributed by atoms with E-state index in [2.05, 4.69) is 41.0 Å². The summed E-state index contributed by atoms with van der Waals surface area (Å²) in [6, 6.07) is 7.52. The van der Waals surface area contributed by atoms with Crippen LogP contribution in [0.1, 0.15) is 36.8 Å². The number of hydrogen-bond donors (Lipinski definition) is 1. The molecule has 0 spiro atoms. The van der Waals surface area contributed by atoms with E-state index in [1.165, 1.54) is 0 Å². The van der Waals surface area contributed by atoms with Gasteiger partial charge in [-0.2, -0.15) is 0 Å². The smallest absolute Gasteiger partial charge is 0.258 e. The molecule has 4 aromatic rings. The van der Waals surface area contributed by atoms with Crippen molar-refractivity contribution in [2.75, 3.05) is 5.32 Å². The first-order chi connectivity index (χ1) is 12.9. The molecule has 1 N–H and O–H groups in total. The fraction of sp³-hybridized carbons (Fsp3) is 0.200. The maximum Gasteiger partial charge on any atom is 0.258 e. The zero-order valence-corrected chi connectivity index (χ0v) is 19.1. The largest absolute Gasteiger partial charge is 0.305 e. The first-order valence-electron chi connectivity index (χ1n) is 8.65. The second-order valence-corrected chi connectivity index (χ2v) is 7.39. The predicted molar refractivity (Wildman–Crippen MR) is 125 cm³/mol. The van der Waals surface area contributed by atoms with Crippen molar-refractivity contribution >= 4 is 54.6 Å². The molecule has 0 fully saturated rings. The highest BCUT2D eigenvalue weighted by molar-refractivity contribution is 6.03. The molecular formula is C20H23Cl3N6O. The van der Waals surface area contributed by atoms with E-state index in [1.807, 2.05) is 39.6 Å². The second kappa shape index (κ2) is 9.93. The summed E-state index contributed by atoms with van der Waals surface area (Å²) in [4.78, 5) is 25.4. The van der Waals surface area contributed by atoms with Gasteiger partial charge >= 0.3 is 0 Å². The van der Waals surface area contributed by atoms with E-state index in [4.69, 9.17) is 0 Å². The third kappa shape index (κ3) is 5.30. The summed E-state index contributed by atoms with van der Waals surface area (Å²) in [7, 11) is 0. The van der Waals surface area contributed by atoms with Gasteiger partial charge in [0.15, 0.2) is 5.82 Å². The Morgan fingerprint density at radius 3 is 2.40 bits per heavy atom. The van der Waals surface area contributed by atoms with Crippen molar-refractivity contribution in [2.45, 2.75) is 26.2 Å². The van der Waals surface area contributed by atoms with Gasteiger partial charge in [0.2, 0.25) is 0 Å². The molecular weight excluding hydrogens is 447 g/mol. The number of nitrogens with one attached hydrogen (secondary N) is 1. The Bertz CT molecular complexity index is 1100. The zero-order chi connectivity index (χ0) is 19.0. The van der Waals surface area contributed by atoms with Crippen molar-refractivity contribution < 1.29 is 4.79 Å². The Morgan fingerprint density at radius 2 is 1.80 bits per heavy atom. The van der Waals surface area contributed by atoms with Crippen LogP contribution in [-0.4, -0.2) is 29.8 Å². The molecule has 0 saturated carbocycles. The molecule has 7 nitrogen and oxygen atoms in total. The number of nitrogens with zero attached hydrogens (tertiary/aromatic N) is 5. The van der Waals surface area contributed by atoms with Crippen molar-refractivity contribution in [3.05, 3.63) is 72.8 Å². The lowest BCUT2D eigenvalue weighted by atomic mass is 9.91. The van der Waals surface area contributed by atoms with E-state index in [1.54, 1.807) is 31.0 Å². The number of anilines is 1. The first-order valence-corrected chi connectivity index (χ1v) is 8.65. The molecule has 0 aliphatic carbocycles. The summed E-state index contributed by atoms with van der Waals surface area (Å²) >= 11 is 0. The van der Waals surface area contributed by atoms with Crippen molar-refractivity contribution in [3.63, 3.8) is 0 Å². The summed E-state index contributed by atoms with van der Waals surface area (Å²) in [6.07, 6.45) is 10.6. The molecule has 0 bridgehead atoms. The van der Waals surface area contributed by atoms with Crippen LogP contribution in [0.25, 0.3) is 11.3 Å². The highest BCUT2D eigenvalue weighted by Crippen LogP contribution is 2.20. The molecule has 4 heterocycles. The summed E-state index contributed by atoms with van der Waals surface area (Å²) < 4.78 is 3.77. The van der Waals surface area contributed by atoms with Crippen LogP contribution >= 0.6 is 37.2 Å². The van der Waals surface area contributed by atoms with Gasteiger partial charge in [0.05, 0.1) is 23.8 Å². The minimum Gasteiger partial charge on any atom is -0.305 e. The Balaban J connectivity index is 0.00000150. The highest BCUT2D eigenvalue weighted by Gasteiger charge is 2.16. The fourth-order valence-electron chi connectivity index (χ4n) is 2.77. The topological polar surface area (TPSA) is 77.1 Å². The number of carbonyl (C=O) groups is 1. The van der Waals surface area contributed by atoms with E-state index in [-0.39, 0.29) is 48.5 Å². The number of imidazole rings is 2. The quantitative estimate of drug-likeness (QED) is 0.470. The van der Waals surface area contributed by atoms with Crippen LogP contribution in [0.2, 0.25) is 0 Å². The van der Waals surface area contributed by atoms with Crippen LogP contribution < -0.4 is 5.32 Å². The van der Waals surface area contributed by atoms with Gasteiger partial charge in [-0.25, -0.2) is 9.97 Å². The van der Waals surface area contributed by atoms with E-state index >= 15 is 0 Å². The number of carbonyl (C=O) groups excluding carboxylic acids is 1. The van der Waals surface area contributed by atoms with Crippen LogP contribution in [0.4, 0.5) is 5.82 Å². The van der Waals surface area contributed by atoms with E-state index in [0.717, 1.165) is 17.0 Å². The molecule has 0 aliphatic rings. The standard InChI is InChI=1S/C20H20N6O.3ClH/c1-20(2,3)16-6-4-14(10-22-16)19(27)24-17-12-26-11-15(5-7-18(26)23-17)25-9-8-21-13-25;;;/h4-13H,1-3H3,(H,24,27);3*1H. The van der Waals surface area contributed by atoms with Crippen molar-refractivity contribution in [1.29, 1.82) is 0 Å². The monoisotopic (exact) mass is 468 g/mol. The molecule has 1 amide bonds. The molecule has 4 rings (SSSR count). The summed E-state index contributed by atoms with van der Waals surface area (Å²) in [5, 5.41) is 2.83. The van der Waals surface area contributed by atoms with Gasteiger partial charge < -0.3 is 14.3 Å². The molecule has 0 atom stereocenters. The van der Waals surface area contributed by atoms with Crippen LogP contribution in [-0.2, 0) is 5.41 Å². The molecule has 0 radical (unpaired) electrons. The predicted octanol–water partition coefficient (Wildman–Crippen LogP) is 4.73. The number of fused-ring (bicyclic) bond motifs is 1. The number of pyridine rings is 2. The number of halogens is 3. The van der Waals surface area contributed by atoms with E-state index < -0.39 is 0 Å². The summed E-state index contributed by atoms with van der Waals surface area (Å²) in [5.41, 5.74) is 3.09. The lowest BCUT2D eigenvalue weighted by Gasteiger charge is -2.17. The number of hydrogen-bond acceptors (Lipinski definition) is 4. The van der Waals surface area contributed by atoms with Crippen molar-refractivity contribution in [2.24, 2.45) is 0 Å². The van der Waals surface area contributed by atoms with Crippen molar-refractivity contribution in [1.82, 2.24) is 23.9 Å². The number of aromatic nitrogens is 5. The molecule has 4 aromatic heterocycles. The average molecular weight is 470 g/mol. The minimum absolute atomic E-state index is 0.